The number of ether oxygens (including phenoxy) is 1. The zero-order valence-corrected chi connectivity index (χ0v) is 14.8. The highest BCUT2D eigenvalue weighted by atomic mass is 16.5. The Morgan fingerprint density at radius 2 is 1.59 bits per heavy atom. The number of anilines is 1. The van der Waals surface area contributed by atoms with Gasteiger partial charge in [0.25, 0.3) is 5.91 Å². The molecule has 0 saturated carbocycles. The van der Waals surface area contributed by atoms with E-state index in [9.17, 15) is 4.79 Å². The van der Waals surface area contributed by atoms with Gasteiger partial charge >= 0.3 is 0 Å². The molecule has 27 heavy (non-hydrogen) atoms. The summed E-state index contributed by atoms with van der Waals surface area (Å²) in [5.41, 5.74) is 4.19. The average molecular weight is 354 g/mol. The molecule has 0 atom stereocenters. The van der Waals surface area contributed by atoms with E-state index in [0.717, 1.165) is 33.6 Å². The highest BCUT2D eigenvalue weighted by Gasteiger charge is 2.07. The van der Waals surface area contributed by atoms with Crippen molar-refractivity contribution in [2.45, 2.75) is 0 Å². The largest absolute Gasteiger partial charge is 0.497 e. The maximum Gasteiger partial charge on any atom is 0.255 e. The molecule has 3 aromatic carbocycles. The molecular formula is C23H18N2O2. The van der Waals surface area contributed by atoms with Gasteiger partial charge < -0.3 is 10.1 Å². The number of aromatic nitrogens is 1. The van der Waals surface area contributed by atoms with Crippen LogP contribution in [0.2, 0.25) is 0 Å². The van der Waals surface area contributed by atoms with Gasteiger partial charge in [0.05, 0.1) is 18.3 Å². The van der Waals surface area contributed by atoms with Gasteiger partial charge in [0.15, 0.2) is 0 Å². The Morgan fingerprint density at radius 3 is 2.33 bits per heavy atom. The van der Waals surface area contributed by atoms with Gasteiger partial charge in [-0.05, 0) is 48.5 Å². The average Bonchev–Trinajstić information content (AvgIpc) is 2.74. The number of benzene rings is 3. The Hall–Kier alpha value is -3.66. The van der Waals surface area contributed by atoms with Crippen LogP contribution in [0.25, 0.3) is 22.2 Å². The zero-order chi connectivity index (χ0) is 18.6. The molecule has 0 saturated heterocycles. The Morgan fingerprint density at radius 1 is 0.852 bits per heavy atom. The number of carbonyl (C=O) groups is 1. The molecule has 0 spiro atoms. The number of nitrogens with zero attached hydrogens (tertiary/aromatic N) is 1. The van der Waals surface area contributed by atoms with E-state index in [1.165, 1.54) is 0 Å². The minimum absolute atomic E-state index is 0.158. The van der Waals surface area contributed by atoms with Crippen LogP contribution in [0.1, 0.15) is 10.4 Å². The van der Waals surface area contributed by atoms with Crippen LogP contribution in [0.5, 0.6) is 5.75 Å². The Kier molecular flexibility index (Phi) is 4.54. The first-order chi connectivity index (χ1) is 13.2. The minimum atomic E-state index is -0.158. The summed E-state index contributed by atoms with van der Waals surface area (Å²) in [5, 5.41) is 4.02. The van der Waals surface area contributed by atoms with Crippen LogP contribution in [0.15, 0.2) is 84.9 Å². The van der Waals surface area contributed by atoms with Crippen LogP contribution >= 0.6 is 0 Å². The monoisotopic (exact) mass is 354 g/mol. The number of carbonyl (C=O) groups excluding carboxylic acids is 1. The second kappa shape index (κ2) is 7.30. The SMILES string of the molecule is COc1ccc(C(=O)Nc2ccc(-c3ccc4ccccc4n3)cc2)cc1. The van der Waals surface area contributed by atoms with Gasteiger partial charge in [-0.15, -0.1) is 0 Å². The molecule has 0 aliphatic heterocycles. The van der Waals surface area contributed by atoms with Crippen LogP contribution in [0.3, 0.4) is 0 Å². The van der Waals surface area contributed by atoms with Crippen LogP contribution in [0.4, 0.5) is 5.69 Å². The zero-order valence-electron chi connectivity index (χ0n) is 14.8. The number of pyridine rings is 1. The molecule has 1 heterocycles. The van der Waals surface area contributed by atoms with E-state index in [2.05, 4.69) is 11.4 Å². The summed E-state index contributed by atoms with van der Waals surface area (Å²) < 4.78 is 5.11. The van der Waals surface area contributed by atoms with E-state index in [1.54, 1.807) is 31.4 Å². The lowest BCUT2D eigenvalue weighted by Gasteiger charge is -2.08. The molecule has 1 N–H and O–H groups in total. The molecule has 1 aromatic heterocycles. The number of hydrogen-bond acceptors (Lipinski definition) is 3. The van der Waals surface area contributed by atoms with Crippen molar-refractivity contribution >= 4 is 22.5 Å². The molecule has 0 radical (unpaired) electrons. The highest BCUT2D eigenvalue weighted by Crippen LogP contribution is 2.23. The van der Waals surface area contributed by atoms with Gasteiger partial charge in [-0.25, -0.2) is 4.98 Å². The third-order valence-corrected chi connectivity index (χ3v) is 4.39. The van der Waals surface area contributed by atoms with Crippen molar-refractivity contribution in [1.82, 2.24) is 4.98 Å². The fraction of sp³-hybridized carbons (Fsp3) is 0.0435. The molecule has 1 amide bonds. The second-order valence-corrected chi connectivity index (χ2v) is 6.15. The van der Waals surface area contributed by atoms with E-state index >= 15 is 0 Å². The predicted octanol–water partition coefficient (Wildman–Crippen LogP) is 5.16. The smallest absolute Gasteiger partial charge is 0.255 e. The van der Waals surface area contributed by atoms with Gasteiger partial charge in [0.1, 0.15) is 5.75 Å². The number of fused-ring (bicyclic) bond motifs is 1. The van der Waals surface area contributed by atoms with E-state index < -0.39 is 0 Å². The molecule has 4 heteroatoms. The lowest BCUT2D eigenvalue weighted by atomic mass is 10.1. The van der Waals surface area contributed by atoms with Crippen LogP contribution in [0, 0.1) is 0 Å². The Bertz CT molecular complexity index is 1090. The van der Waals surface area contributed by atoms with E-state index in [-0.39, 0.29) is 5.91 Å². The summed E-state index contributed by atoms with van der Waals surface area (Å²) in [5.74, 6) is 0.563. The standard InChI is InChI=1S/C23H18N2O2/c1-27-20-13-8-18(9-14-20)23(26)24-19-11-6-17(7-12-19)22-15-10-16-4-2-3-5-21(16)25-22/h2-15H,1H3,(H,24,26). The van der Waals surface area contributed by atoms with E-state index in [1.807, 2.05) is 54.6 Å². The topological polar surface area (TPSA) is 51.2 Å². The molecule has 4 aromatic rings. The molecule has 0 bridgehead atoms. The van der Waals surface area contributed by atoms with Gasteiger partial charge in [0, 0.05) is 22.2 Å². The van der Waals surface area contributed by atoms with Crippen molar-refractivity contribution in [2.24, 2.45) is 0 Å². The van der Waals surface area contributed by atoms with Crippen molar-refractivity contribution < 1.29 is 9.53 Å². The number of rotatable bonds is 4. The van der Waals surface area contributed by atoms with Crippen LogP contribution < -0.4 is 10.1 Å². The quantitative estimate of drug-likeness (QED) is 0.550. The number of methoxy groups -OCH3 is 1. The summed E-state index contributed by atoms with van der Waals surface area (Å²) in [6, 6.07) is 26.8. The number of para-hydroxylation sites is 1. The summed E-state index contributed by atoms with van der Waals surface area (Å²) in [7, 11) is 1.60. The first kappa shape index (κ1) is 16.8. The van der Waals surface area contributed by atoms with Crippen LogP contribution in [-0.4, -0.2) is 18.0 Å². The lowest BCUT2D eigenvalue weighted by molar-refractivity contribution is 0.102. The molecule has 0 unspecified atom stereocenters. The van der Waals surface area contributed by atoms with Gasteiger partial charge in [0.2, 0.25) is 0 Å². The molecule has 132 valence electrons. The number of nitrogens with one attached hydrogen (secondary N) is 1. The number of hydrogen-bond donors (Lipinski definition) is 1. The summed E-state index contributed by atoms with van der Waals surface area (Å²) >= 11 is 0. The van der Waals surface area contributed by atoms with Crippen molar-refractivity contribution in [3.63, 3.8) is 0 Å². The Balaban J connectivity index is 1.51. The maximum absolute atomic E-state index is 12.4. The van der Waals surface area contributed by atoms with E-state index in [0.29, 0.717) is 5.56 Å². The second-order valence-electron chi connectivity index (χ2n) is 6.15. The van der Waals surface area contributed by atoms with Gasteiger partial charge in [-0.2, -0.15) is 0 Å². The Labute approximate surface area is 157 Å². The maximum atomic E-state index is 12.4. The molecule has 4 rings (SSSR count). The van der Waals surface area contributed by atoms with Crippen molar-refractivity contribution in [1.29, 1.82) is 0 Å². The van der Waals surface area contributed by atoms with Gasteiger partial charge in [-0.1, -0.05) is 36.4 Å². The fourth-order valence-corrected chi connectivity index (χ4v) is 2.90. The molecule has 0 fully saturated rings. The van der Waals surface area contributed by atoms with Crippen molar-refractivity contribution in [2.75, 3.05) is 12.4 Å². The predicted molar refractivity (Wildman–Crippen MR) is 108 cm³/mol. The summed E-state index contributed by atoms with van der Waals surface area (Å²) in [6.45, 7) is 0. The molecule has 0 aliphatic rings. The normalized spacial score (nSPS) is 10.6. The summed E-state index contributed by atoms with van der Waals surface area (Å²) in [4.78, 5) is 17.1. The van der Waals surface area contributed by atoms with Crippen molar-refractivity contribution in [3.8, 4) is 17.0 Å². The third kappa shape index (κ3) is 3.65. The van der Waals surface area contributed by atoms with E-state index in [4.69, 9.17) is 9.72 Å². The highest BCUT2D eigenvalue weighted by molar-refractivity contribution is 6.04. The minimum Gasteiger partial charge on any atom is -0.497 e. The molecular weight excluding hydrogens is 336 g/mol. The lowest BCUT2D eigenvalue weighted by Crippen LogP contribution is -2.11. The molecule has 4 nitrogen and oxygen atoms in total. The first-order valence-corrected chi connectivity index (χ1v) is 8.64. The molecule has 0 aliphatic carbocycles. The number of amides is 1. The van der Waals surface area contributed by atoms with Gasteiger partial charge in [-0.3, -0.25) is 4.79 Å². The van der Waals surface area contributed by atoms with Crippen molar-refractivity contribution in [3.05, 3.63) is 90.5 Å². The summed E-state index contributed by atoms with van der Waals surface area (Å²) in [6.07, 6.45) is 0. The first-order valence-electron chi connectivity index (χ1n) is 8.64. The fourth-order valence-electron chi connectivity index (χ4n) is 2.90. The van der Waals surface area contributed by atoms with Crippen LogP contribution in [-0.2, 0) is 0 Å². The third-order valence-electron chi connectivity index (χ3n) is 4.39.